The fourth-order valence-electron chi connectivity index (χ4n) is 3.43. The lowest BCUT2D eigenvalue weighted by molar-refractivity contribution is -0.147. The van der Waals surface area contributed by atoms with E-state index in [0.29, 0.717) is 5.92 Å². The SMILES string of the molecule is CC12CCC(C/C1=N\OC(=O)CCC(=O)O)C2(C)C. The molecule has 2 aliphatic rings. The zero-order valence-electron chi connectivity index (χ0n) is 11.7. The maximum absolute atomic E-state index is 11.4. The van der Waals surface area contributed by atoms with E-state index in [1.54, 1.807) is 0 Å². The van der Waals surface area contributed by atoms with E-state index < -0.39 is 11.9 Å². The Morgan fingerprint density at radius 2 is 2.05 bits per heavy atom. The third kappa shape index (κ3) is 2.26. The Kier molecular flexibility index (Phi) is 3.41. The number of hydrogen-bond donors (Lipinski definition) is 1. The molecule has 106 valence electrons. The third-order valence-electron chi connectivity index (χ3n) is 5.31. The number of rotatable bonds is 4. The summed E-state index contributed by atoms with van der Waals surface area (Å²) < 4.78 is 0. The number of aliphatic carboxylic acids is 1. The first-order valence-corrected chi connectivity index (χ1v) is 6.76. The summed E-state index contributed by atoms with van der Waals surface area (Å²) >= 11 is 0. The maximum atomic E-state index is 11.4. The third-order valence-corrected chi connectivity index (χ3v) is 5.31. The Balaban J connectivity index is 1.99. The molecule has 0 amide bonds. The molecule has 5 heteroatoms. The van der Waals surface area contributed by atoms with Gasteiger partial charge < -0.3 is 9.94 Å². The average molecular weight is 267 g/mol. The van der Waals surface area contributed by atoms with Crippen LogP contribution in [-0.4, -0.2) is 22.8 Å². The molecule has 0 aromatic carbocycles. The number of carboxylic acids is 1. The molecule has 5 nitrogen and oxygen atoms in total. The molecule has 2 unspecified atom stereocenters. The predicted octanol–water partition coefficient (Wildman–Crippen LogP) is 2.60. The number of carboxylic acid groups (broad SMARTS) is 1. The second-order valence-electron chi connectivity index (χ2n) is 6.39. The number of carbonyl (C=O) groups is 2. The first-order chi connectivity index (χ1) is 8.77. The van der Waals surface area contributed by atoms with Crippen LogP contribution in [0.2, 0.25) is 0 Å². The first-order valence-electron chi connectivity index (χ1n) is 6.76. The van der Waals surface area contributed by atoms with Crippen molar-refractivity contribution in [2.45, 2.75) is 52.9 Å². The van der Waals surface area contributed by atoms with Crippen molar-refractivity contribution >= 4 is 17.7 Å². The van der Waals surface area contributed by atoms with Crippen LogP contribution in [0.4, 0.5) is 0 Å². The molecule has 2 aliphatic carbocycles. The lowest BCUT2D eigenvalue weighted by Crippen LogP contribution is -2.32. The molecular weight excluding hydrogens is 246 g/mol. The summed E-state index contributed by atoms with van der Waals surface area (Å²) in [4.78, 5) is 26.6. The number of oxime groups is 1. The van der Waals surface area contributed by atoms with E-state index in [0.717, 1.165) is 18.6 Å². The largest absolute Gasteiger partial charge is 0.481 e. The summed E-state index contributed by atoms with van der Waals surface area (Å²) in [6.07, 6.45) is 2.83. The summed E-state index contributed by atoms with van der Waals surface area (Å²) in [5, 5.41) is 12.5. The van der Waals surface area contributed by atoms with Gasteiger partial charge in [-0.3, -0.25) is 4.79 Å². The van der Waals surface area contributed by atoms with Crippen molar-refractivity contribution in [3.05, 3.63) is 0 Å². The molecule has 0 aliphatic heterocycles. The minimum absolute atomic E-state index is 0.00471. The Morgan fingerprint density at radius 3 is 2.53 bits per heavy atom. The highest BCUT2D eigenvalue weighted by atomic mass is 16.7. The maximum Gasteiger partial charge on any atom is 0.335 e. The molecule has 2 rings (SSSR count). The van der Waals surface area contributed by atoms with Crippen molar-refractivity contribution in [3.63, 3.8) is 0 Å². The van der Waals surface area contributed by atoms with Gasteiger partial charge in [-0.2, -0.15) is 0 Å². The van der Waals surface area contributed by atoms with Crippen molar-refractivity contribution in [3.8, 4) is 0 Å². The van der Waals surface area contributed by atoms with E-state index in [1.165, 1.54) is 6.42 Å². The molecule has 0 aromatic heterocycles. The highest BCUT2D eigenvalue weighted by molar-refractivity contribution is 5.94. The Labute approximate surface area is 113 Å². The van der Waals surface area contributed by atoms with Crippen LogP contribution in [-0.2, 0) is 14.4 Å². The van der Waals surface area contributed by atoms with Crippen LogP contribution in [0.1, 0.15) is 52.9 Å². The van der Waals surface area contributed by atoms with Crippen molar-refractivity contribution < 1.29 is 19.5 Å². The van der Waals surface area contributed by atoms with Gasteiger partial charge >= 0.3 is 11.9 Å². The van der Waals surface area contributed by atoms with Crippen LogP contribution >= 0.6 is 0 Å². The fourth-order valence-corrected chi connectivity index (χ4v) is 3.43. The smallest absolute Gasteiger partial charge is 0.335 e. The molecular formula is C14H21NO4. The Bertz CT molecular complexity index is 441. The zero-order chi connectivity index (χ0) is 14.3. The van der Waals surface area contributed by atoms with Gasteiger partial charge in [0.05, 0.1) is 18.6 Å². The van der Waals surface area contributed by atoms with E-state index >= 15 is 0 Å². The standard InChI is InChI=1S/C14H21NO4/c1-13(2)9-6-7-14(13,3)10(8-9)15-19-12(18)5-4-11(16)17/h9H,4-8H2,1-3H3,(H,16,17)/b15-10+. The molecule has 0 saturated heterocycles. The number of fused-ring (bicyclic) bond motifs is 2. The van der Waals surface area contributed by atoms with Gasteiger partial charge in [-0.1, -0.05) is 25.9 Å². The summed E-state index contributed by atoms with van der Waals surface area (Å²) in [5.41, 5.74) is 1.15. The monoisotopic (exact) mass is 267 g/mol. The van der Waals surface area contributed by atoms with E-state index in [4.69, 9.17) is 9.94 Å². The van der Waals surface area contributed by atoms with E-state index in [9.17, 15) is 9.59 Å². The molecule has 2 fully saturated rings. The highest BCUT2D eigenvalue weighted by Gasteiger charge is 2.60. The normalized spacial score (nSPS) is 33.6. The Hall–Kier alpha value is -1.39. The van der Waals surface area contributed by atoms with Crippen molar-refractivity contribution in [1.29, 1.82) is 0 Å². The van der Waals surface area contributed by atoms with Gasteiger partial charge in [-0.05, 0) is 30.6 Å². The molecule has 0 radical (unpaired) electrons. The minimum Gasteiger partial charge on any atom is -0.481 e. The van der Waals surface area contributed by atoms with Gasteiger partial charge in [-0.15, -0.1) is 0 Å². The lowest BCUT2D eigenvalue weighted by Gasteiger charge is -2.34. The van der Waals surface area contributed by atoms with E-state index in [1.807, 2.05) is 0 Å². The van der Waals surface area contributed by atoms with E-state index in [2.05, 4.69) is 25.9 Å². The van der Waals surface area contributed by atoms with Crippen LogP contribution in [0.5, 0.6) is 0 Å². The van der Waals surface area contributed by atoms with Crippen LogP contribution < -0.4 is 0 Å². The molecule has 0 aromatic rings. The molecule has 2 bridgehead atoms. The van der Waals surface area contributed by atoms with Crippen molar-refractivity contribution in [2.24, 2.45) is 21.9 Å². The molecule has 2 atom stereocenters. The first kappa shape index (κ1) is 14.0. The zero-order valence-corrected chi connectivity index (χ0v) is 11.7. The molecule has 0 heterocycles. The van der Waals surface area contributed by atoms with Crippen LogP contribution in [0.15, 0.2) is 5.16 Å². The van der Waals surface area contributed by atoms with Crippen LogP contribution in [0, 0.1) is 16.7 Å². The molecule has 0 spiro atoms. The topological polar surface area (TPSA) is 76.0 Å². The van der Waals surface area contributed by atoms with Gasteiger partial charge in [0.15, 0.2) is 0 Å². The summed E-state index contributed by atoms with van der Waals surface area (Å²) in [6, 6.07) is 0. The minimum atomic E-state index is -1.00. The second-order valence-corrected chi connectivity index (χ2v) is 6.39. The number of hydrogen-bond acceptors (Lipinski definition) is 4. The van der Waals surface area contributed by atoms with Gasteiger partial charge in [-0.25, -0.2) is 4.79 Å². The molecule has 19 heavy (non-hydrogen) atoms. The molecule has 1 N–H and O–H groups in total. The van der Waals surface area contributed by atoms with Crippen molar-refractivity contribution in [2.75, 3.05) is 0 Å². The fraction of sp³-hybridized carbons (Fsp3) is 0.786. The van der Waals surface area contributed by atoms with E-state index in [-0.39, 0.29) is 23.7 Å². The summed E-state index contributed by atoms with van der Waals surface area (Å²) in [6.45, 7) is 6.68. The van der Waals surface area contributed by atoms with Crippen molar-refractivity contribution in [1.82, 2.24) is 0 Å². The Morgan fingerprint density at radius 1 is 1.37 bits per heavy atom. The van der Waals surface area contributed by atoms with Gasteiger partial charge in [0.1, 0.15) is 0 Å². The number of nitrogens with zero attached hydrogens (tertiary/aromatic N) is 1. The summed E-state index contributed by atoms with van der Waals surface area (Å²) in [5.74, 6) is -0.967. The quantitative estimate of drug-likeness (QED) is 0.627. The number of carbonyl (C=O) groups excluding carboxylic acids is 1. The molecule has 2 saturated carbocycles. The van der Waals surface area contributed by atoms with Crippen LogP contribution in [0.25, 0.3) is 0 Å². The van der Waals surface area contributed by atoms with Crippen LogP contribution in [0.3, 0.4) is 0 Å². The predicted molar refractivity (Wildman–Crippen MR) is 69.6 cm³/mol. The van der Waals surface area contributed by atoms with Gasteiger partial charge in [0.2, 0.25) is 0 Å². The van der Waals surface area contributed by atoms with Gasteiger partial charge in [0.25, 0.3) is 0 Å². The van der Waals surface area contributed by atoms with Gasteiger partial charge in [0, 0.05) is 5.41 Å². The highest BCUT2D eigenvalue weighted by Crippen LogP contribution is 2.63. The average Bonchev–Trinajstić information content (AvgIpc) is 2.66. The second kappa shape index (κ2) is 4.62. The lowest BCUT2D eigenvalue weighted by atomic mass is 9.70. The summed E-state index contributed by atoms with van der Waals surface area (Å²) in [7, 11) is 0.